The Bertz CT molecular complexity index is 492. The van der Waals surface area contributed by atoms with Crippen molar-refractivity contribution in [2.24, 2.45) is 0 Å². The third-order valence-corrected chi connectivity index (χ3v) is 5.75. The fraction of sp³-hybridized carbons (Fsp3) is 0.692. The molecule has 1 aliphatic heterocycles. The number of nitrogens with zero attached hydrogens (tertiary/aromatic N) is 2. The maximum Gasteiger partial charge on any atom is 0.213 e. The van der Waals surface area contributed by atoms with E-state index in [1.807, 2.05) is 0 Å². The predicted molar refractivity (Wildman–Crippen MR) is 73.2 cm³/mol. The van der Waals surface area contributed by atoms with Gasteiger partial charge >= 0.3 is 0 Å². The molecule has 4 nitrogen and oxygen atoms in total. The van der Waals surface area contributed by atoms with Gasteiger partial charge in [-0.05, 0) is 45.7 Å². The summed E-state index contributed by atoms with van der Waals surface area (Å²) in [6.45, 7) is 7.24. The van der Waals surface area contributed by atoms with E-state index in [4.69, 9.17) is 0 Å². The molecule has 1 aromatic rings. The molecule has 1 aliphatic rings. The first-order valence-corrected chi connectivity index (χ1v) is 8.19. The number of sulfonamides is 1. The van der Waals surface area contributed by atoms with E-state index in [1.165, 1.54) is 11.4 Å². The van der Waals surface area contributed by atoms with Crippen molar-refractivity contribution < 1.29 is 8.42 Å². The molecule has 0 aliphatic carbocycles. The van der Waals surface area contributed by atoms with Gasteiger partial charge in [-0.15, -0.1) is 0 Å². The lowest BCUT2D eigenvalue weighted by Crippen LogP contribution is -2.40. The standard InChI is InChI=1S/C13H22N2O2S/c1-4-18(16,17)14-9-7-13(8-10-14)15-11(2)5-6-12(15)3/h5-6,13H,4,7-10H2,1-3H3. The first kappa shape index (κ1) is 13.6. The monoisotopic (exact) mass is 270 g/mol. The number of hydrogen-bond donors (Lipinski definition) is 0. The third-order valence-electron chi connectivity index (χ3n) is 3.87. The Morgan fingerprint density at radius 3 is 2.11 bits per heavy atom. The zero-order valence-electron chi connectivity index (χ0n) is 11.4. The Morgan fingerprint density at radius 2 is 1.67 bits per heavy atom. The fourth-order valence-corrected chi connectivity index (χ4v) is 3.95. The molecule has 0 N–H and O–H groups in total. The van der Waals surface area contributed by atoms with Crippen molar-refractivity contribution in [2.45, 2.75) is 39.7 Å². The maximum atomic E-state index is 11.8. The number of aromatic nitrogens is 1. The van der Waals surface area contributed by atoms with E-state index >= 15 is 0 Å². The highest BCUT2D eigenvalue weighted by Gasteiger charge is 2.28. The molecule has 2 rings (SSSR count). The molecular weight excluding hydrogens is 248 g/mol. The lowest BCUT2D eigenvalue weighted by atomic mass is 10.1. The van der Waals surface area contributed by atoms with E-state index < -0.39 is 10.0 Å². The molecule has 102 valence electrons. The van der Waals surface area contributed by atoms with Crippen molar-refractivity contribution in [1.29, 1.82) is 0 Å². The van der Waals surface area contributed by atoms with Crippen molar-refractivity contribution >= 4 is 10.0 Å². The van der Waals surface area contributed by atoms with Gasteiger partial charge in [-0.3, -0.25) is 0 Å². The molecule has 5 heteroatoms. The summed E-state index contributed by atoms with van der Waals surface area (Å²) in [6, 6.07) is 4.71. The Balaban J connectivity index is 2.08. The second kappa shape index (κ2) is 5.05. The smallest absolute Gasteiger partial charge is 0.213 e. The number of aryl methyl sites for hydroxylation is 2. The van der Waals surface area contributed by atoms with Crippen molar-refractivity contribution in [3.05, 3.63) is 23.5 Å². The molecule has 2 heterocycles. The minimum Gasteiger partial charge on any atom is -0.346 e. The summed E-state index contributed by atoms with van der Waals surface area (Å²) in [5.41, 5.74) is 2.54. The van der Waals surface area contributed by atoms with E-state index in [0.717, 1.165) is 12.8 Å². The molecule has 0 saturated carbocycles. The van der Waals surface area contributed by atoms with Crippen LogP contribution < -0.4 is 0 Å². The van der Waals surface area contributed by atoms with Crippen LogP contribution in [0.2, 0.25) is 0 Å². The summed E-state index contributed by atoms with van der Waals surface area (Å²) in [5.74, 6) is 0.208. The summed E-state index contributed by atoms with van der Waals surface area (Å²) in [6.07, 6.45) is 1.82. The predicted octanol–water partition coefficient (Wildman–Crippen LogP) is 2.09. The number of hydrogen-bond acceptors (Lipinski definition) is 2. The Labute approximate surface area is 110 Å². The molecule has 0 unspecified atom stereocenters. The quantitative estimate of drug-likeness (QED) is 0.844. The maximum absolute atomic E-state index is 11.8. The van der Waals surface area contributed by atoms with Gasteiger partial charge in [0.15, 0.2) is 0 Å². The van der Waals surface area contributed by atoms with Crippen molar-refractivity contribution in [1.82, 2.24) is 8.87 Å². The van der Waals surface area contributed by atoms with Gasteiger partial charge in [0.2, 0.25) is 10.0 Å². The van der Waals surface area contributed by atoms with Crippen LogP contribution in [0.25, 0.3) is 0 Å². The molecule has 18 heavy (non-hydrogen) atoms. The van der Waals surface area contributed by atoms with Crippen LogP contribution in [0.3, 0.4) is 0 Å². The summed E-state index contributed by atoms with van der Waals surface area (Å²) in [7, 11) is -3.01. The van der Waals surface area contributed by atoms with E-state index in [9.17, 15) is 8.42 Å². The van der Waals surface area contributed by atoms with Crippen molar-refractivity contribution in [3.8, 4) is 0 Å². The molecular formula is C13H22N2O2S. The van der Waals surface area contributed by atoms with Gasteiger partial charge in [0.25, 0.3) is 0 Å². The van der Waals surface area contributed by atoms with E-state index in [-0.39, 0.29) is 5.75 Å². The number of piperidine rings is 1. The molecule has 1 fully saturated rings. The minimum atomic E-state index is -3.01. The van der Waals surface area contributed by atoms with Gasteiger partial charge in [-0.2, -0.15) is 0 Å². The molecule has 1 saturated heterocycles. The van der Waals surface area contributed by atoms with Crippen molar-refractivity contribution in [3.63, 3.8) is 0 Å². The summed E-state index contributed by atoms with van der Waals surface area (Å²) < 4.78 is 27.6. The highest BCUT2D eigenvalue weighted by atomic mass is 32.2. The van der Waals surface area contributed by atoms with Gasteiger partial charge in [-0.1, -0.05) is 0 Å². The zero-order chi connectivity index (χ0) is 13.3. The Hall–Kier alpha value is -0.810. The van der Waals surface area contributed by atoms with Gasteiger partial charge in [-0.25, -0.2) is 12.7 Å². The lowest BCUT2D eigenvalue weighted by Gasteiger charge is -2.33. The van der Waals surface area contributed by atoms with E-state index in [0.29, 0.717) is 19.1 Å². The van der Waals surface area contributed by atoms with E-state index in [2.05, 4.69) is 30.5 Å². The second-order valence-corrected chi connectivity index (χ2v) is 7.27. The topological polar surface area (TPSA) is 42.3 Å². The molecule has 0 spiro atoms. The van der Waals surface area contributed by atoms with Crippen LogP contribution in [0, 0.1) is 13.8 Å². The highest BCUT2D eigenvalue weighted by molar-refractivity contribution is 7.89. The van der Waals surface area contributed by atoms with Crippen LogP contribution in [0.1, 0.15) is 37.2 Å². The van der Waals surface area contributed by atoms with Crippen molar-refractivity contribution in [2.75, 3.05) is 18.8 Å². The average Bonchev–Trinajstić information content (AvgIpc) is 2.69. The average molecular weight is 270 g/mol. The van der Waals surface area contributed by atoms with E-state index in [1.54, 1.807) is 11.2 Å². The fourth-order valence-electron chi connectivity index (χ4n) is 2.82. The van der Waals surface area contributed by atoms with Crippen LogP contribution >= 0.6 is 0 Å². The zero-order valence-corrected chi connectivity index (χ0v) is 12.2. The van der Waals surface area contributed by atoms with Gasteiger partial charge in [0, 0.05) is 30.5 Å². The molecule has 0 atom stereocenters. The second-order valence-electron chi connectivity index (χ2n) is 5.02. The van der Waals surface area contributed by atoms with Gasteiger partial charge in [0.1, 0.15) is 0 Å². The Morgan fingerprint density at radius 1 is 1.17 bits per heavy atom. The van der Waals surface area contributed by atoms with Crippen LogP contribution in [0.15, 0.2) is 12.1 Å². The Kier molecular flexibility index (Phi) is 3.82. The van der Waals surface area contributed by atoms with Gasteiger partial charge < -0.3 is 4.57 Å². The summed E-state index contributed by atoms with van der Waals surface area (Å²) in [4.78, 5) is 0. The van der Waals surface area contributed by atoms with Crippen LogP contribution in [-0.2, 0) is 10.0 Å². The molecule has 0 bridgehead atoms. The lowest BCUT2D eigenvalue weighted by molar-refractivity contribution is 0.270. The third kappa shape index (κ3) is 2.47. The van der Waals surface area contributed by atoms with Gasteiger partial charge in [0.05, 0.1) is 5.75 Å². The first-order chi connectivity index (χ1) is 8.45. The molecule has 1 aromatic heterocycles. The molecule has 0 aromatic carbocycles. The highest BCUT2D eigenvalue weighted by Crippen LogP contribution is 2.27. The summed E-state index contributed by atoms with van der Waals surface area (Å²) in [5, 5.41) is 0. The SMILES string of the molecule is CCS(=O)(=O)N1CCC(n2c(C)ccc2C)CC1. The normalized spacial score (nSPS) is 19.3. The minimum absolute atomic E-state index is 0.208. The van der Waals surface area contributed by atoms with Crippen LogP contribution in [0.4, 0.5) is 0 Å². The van der Waals surface area contributed by atoms with Crippen LogP contribution in [0.5, 0.6) is 0 Å². The summed E-state index contributed by atoms with van der Waals surface area (Å²) >= 11 is 0. The molecule has 0 radical (unpaired) electrons. The first-order valence-electron chi connectivity index (χ1n) is 6.58. The molecule has 0 amide bonds. The van der Waals surface area contributed by atoms with Crippen LogP contribution in [-0.4, -0.2) is 36.1 Å². The largest absolute Gasteiger partial charge is 0.346 e. The number of rotatable bonds is 3.